The summed E-state index contributed by atoms with van der Waals surface area (Å²) in [5.74, 6) is 0.705. The molecule has 0 radical (unpaired) electrons. The summed E-state index contributed by atoms with van der Waals surface area (Å²) in [4.78, 5) is 39.0. The fraction of sp³-hybridized carbons (Fsp3) is 0.348. The van der Waals surface area contributed by atoms with Crippen LogP contribution in [0.2, 0.25) is 5.02 Å². The summed E-state index contributed by atoms with van der Waals surface area (Å²) in [6, 6.07) is 12.1. The average molecular weight is 458 g/mol. The number of nitrogens with one attached hydrogen (secondary N) is 2. The first kappa shape index (κ1) is 22.0. The Balaban J connectivity index is 1.19. The molecule has 0 aliphatic carbocycles. The van der Waals surface area contributed by atoms with Gasteiger partial charge in [0.2, 0.25) is 18.6 Å². The Morgan fingerprint density at radius 1 is 1.03 bits per heavy atom. The fourth-order valence-electron chi connectivity index (χ4n) is 3.79. The number of halogens is 1. The molecule has 0 spiro atoms. The average Bonchev–Trinajstić information content (AvgIpc) is 3.27. The number of hydrogen-bond donors (Lipinski definition) is 2. The molecule has 2 aromatic carbocycles. The molecule has 168 valence electrons. The van der Waals surface area contributed by atoms with Crippen molar-refractivity contribution in [2.45, 2.75) is 19.3 Å². The maximum atomic E-state index is 12.6. The van der Waals surface area contributed by atoms with Crippen molar-refractivity contribution >= 4 is 35.0 Å². The molecule has 2 aliphatic heterocycles. The molecule has 0 aromatic heterocycles. The zero-order chi connectivity index (χ0) is 22.5. The lowest BCUT2D eigenvalue weighted by Crippen LogP contribution is -2.42. The molecular weight excluding hydrogens is 434 g/mol. The van der Waals surface area contributed by atoms with Crippen molar-refractivity contribution in [1.82, 2.24) is 10.2 Å². The van der Waals surface area contributed by atoms with Gasteiger partial charge in [-0.3, -0.25) is 14.4 Å². The topological polar surface area (TPSA) is 97.0 Å². The first-order valence-corrected chi connectivity index (χ1v) is 10.9. The van der Waals surface area contributed by atoms with Crippen LogP contribution in [0.3, 0.4) is 0 Å². The van der Waals surface area contributed by atoms with Crippen molar-refractivity contribution in [3.63, 3.8) is 0 Å². The number of rotatable bonds is 6. The monoisotopic (exact) mass is 457 g/mol. The Bertz CT molecular complexity index is 1020. The minimum atomic E-state index is -0.303. The second-order valence-electron chi connectivity index (χ2n) is 7.70. The minimum absolute atomic E-state index is 0.0425. The molecular formula is C23H24ClN3O5. The number of carbonyl (C=O) groups is 3. The summed E-state index contributed by atoms with van der Waals surface area (Å²) in [5.41, 5.74) is 1.04. The third kappa shape index (κ3) is 5.13. The number of fused-ring (bicyclic) bond motifs is 1. The van der Waals surface area contributed by atoms with Crippen LogP contribution in [0, 0.1) is 5.92 Å². The van der Waals surface area contributed by atoms with Crippen LogP contribution in [0.25, 0.3) is 0 Å². The van der Waals surface area contributed by atoms with Gasteiger partial charge in [-0.2, -0.15) is 0 Å². The van der Waals surface area contributed by atoms with Gasteiger partial charge in [0.25, 0.3) is 5.91 Å². The number of piperidine rings is 1. The van der Waals surface area contributed by atoms with E-state index in [2.05, 4.69) is 10.6 Å². The Hall–Kier alpha value is -3.26. The van der Waals surface area contributed by atoms with Gasteiger partial charge >= 0.3 is 0 Å². The largest absolute Gasteiger partial charge is 0.454 e. The Labute approximate surface area is 190 Å². The molecule has 0 atom stereocenters. The van der Waals surface area contributed by atoms with E-state index in [4.69, 9.17) is 21.1 Å². The first-order chi connectivity index (χ1) is 15.5. The summed E-state index contributed by atoms with van der Waals surface area (Å²) < 4.78 is 10.6. The van der Waals surface area contributed by atoms with Crippen LogP contribution in [0.1, 0.15) is 29.6 Å². The highest BCUT2D eigenvalue weighted by atomic mass is 35.5. The fourth-order valence-corrected chi connectivity index (χ4v) is 4.01. The van der Waals surface area contributed by atoms with E-state index < -0.39 is 0 Å². The normalized spacial score (nSPS) is 15.3. The molecule has 8 nitrogen and oxygen atoms in total. The number of likely N-dealkylation sites (tertiary alicyclic amines) is 1. The summed E-state index contributed by atoms with van der Waals surface area (Å²) in [6.45, 7) is 1.43. The highest BCUT2D eigenvalue weighted by Crippen LogP contribution is 2.34. The van der Waals surface area contributed by atoms with Gasteiger partial charge in [-0.15, -0.1) is 0 Å². The maximum Gasteiger partial charge on any atom is 0.252 e. The molecule has 0 bridgehead atoms. The van der Waals surface area contributed by atoms with Gasteiger partial charge in [-0.05, 0) is 37.1 Å². The van der Waals surface area contributed by atoms with Crippen LogP contribution in [0.5, 0.6) is 11.5 Å². The van der Waals surface area contributed by atoms with E-state index in [0.29, 0.717) is 53.7 Å². The van der Waals surface area contributed by atoms with Crippen molar-refractivity contribution in [3.05, 3.63) is 53.1 Å². The van der Waals surface area contributed by atoms with Gasteiger partial charge < -0.3 is 25.0 Å². The number of carbonyl (C=O) groups excluding carboxylic acids is 3. The lowest BCUT2D eigenvalue weighted by Gasteiger charge is -2.31. The maximum absolute atomic E-state index is 12.6. The predicted molar refractivity (Wildman–Crippen MR) is 119 cm³/mol. The first-order valence-electron chi connectivity index (χ1n) is 10.5. The van der Waals surface area contributed by atoms with Crippen LogP contribution < -0.4 is 20.1 Å². The SMILES string of the molecule is O=C(NCCC(=O)N1CCC(C(=O)Nc2ccc3c(c2)OCO3)CC1)c1ccccc1Cl. The molecule has 3 amide bonds. The van der Waals surface area contributed by atoms with Gasteiger partial charge in [0, 0.05) is 43.7 Å². The summed E-state index contributed by atoms with van der Waals surface area (Å²) in [5, 5.41) is 6.02. The number of hydrogen-bond acceptors (Lipinski definition) is 5. The van der Waals surface area contributed by atoms with Crippen LogP contribution in [0.4, 0.5) is 5.69 Å². The van der Waals surface area contributed by atoms with Gasteiger partial charge in [-0.1, -0.05) is 23.7 Å². The second-order valence-corrected chi connectivity index (χ2v) is 8.11. The highest BCUT2D eigenvalue weighted by Gasteiger charge is 2.27. The zero-order valence-electron chi connectivity index (χ0n) is 17.4. The van der Waals surface area contributed by atoms with Crippen molar-refractivity contribution in [1.29, 1.82) is 0 Å². The summed E-state index contributed by atoms with van der Waals surface area (Å²) >= 11 is 6.02. The molecule has 4 rings (SSSR count). The Morgan fingerprint density at radius 2 is 1.78 bits per heavy atom. The lowest BCUT2D eigenvalue weighted by atomic mass is 9.95. The minimum Gasteiger partial charge on any atom is -0.454 e. The van der Waals surface area contributed by atoms with E-state index in [1.165, 1.54) is 0 Å². The zero-order valence-corrected chi connectivity index (χ0v) is 18.2. The number of ether oxygens (including phenoxy) is 2. The molecule has 1 saturated heterocycles. The van der Waals surface area contributed by atoms with Crippen LogP contribution >= 0.6 is 11.6 Å². The Morgan fingerprint density at radius 3 is 2.56 bits per heavy atom. The standard InChI is InChI=1S/C23H24ClN3O5/c24-18-4-2-1-3-17(18)23(30)25-10-7-21(28)27-11-8-15(9-12-27)22(29)26-16-5-6-19-20(13-16)32-14-31-19/h1-6,13,15H,7-12,14H2,(H,25,30)(H,26,29). The quantitative estimate of drug-likeness (QED) is 0.694. The van der Waals surface area contributed by atoms with Crippen molar-refractivity contribution < 1.29 is 23.9 Å². The molecule has 32 heavy (non-hydrogen) atoms. The van der Waals surface area contributed by atoms with Gasteiger partial charge in [0.05, 0.1) is 10.6 Å². The van der Waals surface area contributed by atoms with Crippen LogP contribution in [-0.2, 0) is 9.59 Å². The van der Waals surface area contributed by atoms with Crippen molar-refractivity contribution in [2.24, 2.45) is 5.92 Å². The third-order valence-electron chi connectivity index (χ3n) is 5.60. The number of benzene rings is 2. The smallest absolute Gasteiger partial charge is 0.252 e. The van der Waals surface area contributed by atoms with E-state index >= 15 is 0 Å². The molecule has 0 unspecified atom stereocenters. The van der Waals surface area contributed by atoms with E-state index in [1.54, 1.807) is 47.4 Å². The molecule has 2 aromatic rings. The predicted octanol–water partition coefficient (Wildman–Crippen LogP) is 3.07. The third-order valence-corrected chi connectivity index (χ3v) is 5.93. The molecule has 1 fully saturated rings. The molecule has 0 saturated carbocycles. The van der Waals surface area contributed by atoms with Gasteiger partial charge in [0.15, 0.2) is 11.5 Å². The number of nitrogens with zero attached hydrogens (tertiary/aromatic N) is 1. The van der Waals surface area contributed by atoms with Crippen LogP contribution in [-0.4, -0.2) is 49.0 Å². The van der Waals surface area contributed by atoms with Gasteiger partial charge in [0.1, 0.15) is 0 Å². The lowest BCUT2D eigenvalue weighted by molar-refractivity contribution is -0.134. The van der Waals surface area contributed by atoms with Crippen molar-refractivity contribution in [3.8, 4) is 11.5 Å². The van der Waals surface area contributed by atoms with E-state index in [1.807, 2.05) is 0 Å². The summed E-state index contributed by atoms with van der Waals surface area (Å²) in [6.07, 6.45) is 1.38. The highest BCUT2D eigenvalue weighted by molar-refractivity contribution is 6.33. The van der Waals surface area contributed by atoms with Crippen LogP contribution in [0.15, 0.2) is 42.5 Å². The second kappa shape index (κ2) is 9.91. The van der Waals surface area contributed by atoms with Gasteiger partial charge in [-0.25, -0.2) is 0 Å². The Kier molecular flexibility index (Phi) is 6.80. The number of anilines is 1. The molecule has 2 N–H and O–H groups in total. The van der Waals surface area contributed by atoms with E-state index in [0.717, 1.165) is 0 Å². The molecule has 2 aliphatic rings. The molecule has 9 heteroatoms. The van der Waals surface area contributed by atoms with E-state index in [-0.39, 0.29) is 43.4 Å². The summed E-state index contributed by atoms with van der Waals surface area (Å²) in [7, 11) is 0. The van der Waals surface area contributed by atoms with Crippen molar-refractivity contribution in [2.75, 3.05) is 31.7 Å². The molecule has 2 heterocycles. The van der Waals surface area contributed by atoms with E-state index in [9.17, 15) is 14.4 Å². The number of amides is 3.